The van der Waals surface area contributed by atoms with Crippen LogP contribution in [0.25, 0.3) is 11.4 Å². The fourth-order valence-electron chi connectivity index (χ4n) is 5.31. The number of hydrogen-bond donors (Lipinski definition) is 0. The van der Waals surface area contributed by atoms with Crippen molar-refractivity contribution in [2.45, 2.75) is 68.9 Å². The smallest absolute Gasteiger partial charge is 0.183 e. The second kappa shape index (κ2) is 8.67. The molecule has 0 unspecified atom stereocenters. The van der Waals surface area contributed by atoms with E-state index in [1.54, 1.807) is 0 Å². The van der Waals surface area contributed by atoms with Gasteiger partial charge in [-0.15, -0.1) is 0 Å². The van der Waals surface area contributed by atoms with E-state index in [0.29, 0.717) is 11.8 Å². The van der Waals surface area contributed by atoms with Crippen LogP contribution in [0.2, 0.25) is 0 Å². The Hall–Kier alpha value is -2.97. The zero-order chi connectivity index (χ0) is 23.0. The summed E-state index contributed by atoms with van der Waals surface area (Å²) in [4.78, 5) is 5.15. The fourth-order valence-corrected chi connectivity index (χ4v) is 5.31. The number of nitrogens with zero attached hydrogens (tertiary/aromatic N) is 4. The van der Waals surface area contributed by atoms with E-state index in [2.05, 4.69) is 47.1 Å². The van der Waals surface area contributed by atoms with Crippen molar-refractivity contribution in [3.05, 3.63) is 72.1 Å². The van der Waals surface area contributed by atoms with Gasteiger partial charge in [-0.1, -0.05) is 60.7 Å². The highest BCUT2D eigenvalue weighted by molar-refractivity contribution is 5.55. The summed E-state index contributed by atoms with van der Waals surface area (Å²) in [5.41, 5.74) is 1.24. The zero-order valence-electron chi connectivity index (χ0n) is 19.7. The zero-order valence-corrected chi connectivity index (χ0v) is 19.7. The standard InChI is InChI=1S/C29H32N4O/c30-21-28(25-9-5-2-6-10-25)15-17-29(18-16-28,34-20-23-13-14-23)27-31-26(24-7-3-1-4-8-24)33(32-27)19-22-11-12-22/h1-10,22-23H,11-20H2. The summed E-state index contributed by atoms with van der Waals surface area (Å²) in [6.07, 6.45) is 8.10. The molecule has 0 atom stereocenters. The Balaban J connectivity index is 1.35. The van der Waals surface area contributed by atoms with Crippen LogP contribution in [-0.2, 0) is 22.3 Å². The van der Waals surface area contributed by atoms with Crippen LogP contribution in [0.3, 0.4) is 0 Å². The first kappa shape index (κ1) is 21.6. The van der Waals surface area contributed by atoms with Gasteiger partial charge in [-0.3, -0.25) is 0 Å². The second-order valence-electron chi connectivity index (χ2n) is 10.6. The van der Waals surface area contributed by atoms with Crippen molar-refractivity contribution in [2.75, 3.05) is 6.61 Å². The summed E-state index contributed by atoms with van der Waals surface area (Å²) < 4.78 is 8.85. The van der Waals surface area contributed by atoms with Gasteiger partial charge in [0.1, 0.15) is 5.60 Å². The van der Waals surface area contributed by atoms with Crippen molar-refractivity contribution >= 4 is 0 Å². The first-order valence-corrected chi connectivity index (χ1v) is 12.8. The maximum absolute atomic E-state index is 10.2. The Morgan fingerprint density at radius 2 is 1.53 bits per heavy atom. The Morgan fingerprint density at radius 1 is 0.882 bits per heavy atom. The summed E-state index contributed by atoms with van der Waals surface area (Å²) in [5, 5.41) is 15.3. The van der Waals surface area contributed by atoms with Gasteiger partial charge < -0.3 is 4.74 Å². The van der Waals surface area contributed by atoms with E-state index in [1.807, 2.05) is 24.3 Å². The molecular weight excluding hydrogens is 420 g/mol. The lowest BCUT2D eigenvalue weighted by Crippen LogP contribution is -2.42. The van der Waals surface area contributed by atoms with Crippen molar-refractivity contribution in [3.8, 4) is 17.5 Å². The van der Waals surface area contributed by atoms with Crippen LogP contribution >= 0.6 is 0 Å². The van der Waals surface area contributed by atoms with Crippen molar-refractivity contribution in [2.24, 2.45) is 11.8 Å². The summed E-state index contributed by atoms with van der Waals surface area (Å²) in [7, 11) is 0. The highest BCUT2D eigenvalue weighted by atomic mass is 16.5. The van der Waals surface area contributed by atoms with Gasteiger partial charge in [0, 0.05) is 12.1 Å². The third-order valence-corrected chi connectivity index (χ3v) is 7.98. The first-order chi connectivity index (χ1) is 16.7. The molecule has 0 bridgehead atoms. The Kier molecular flexibility index (Phi) is 5.50. The molecule has 6 rings (SSSR count). The molecule has 0 spiro atoms. The lowest BCUT2D eigenvalue weighted by atomic mass is 9.65. The van der Waals surface area contributed by atoms with Crippen LogP contribution in [0, 0.1) is 23.2 Å². The Morgan fingerprint density at radius 3 is 2.15 bits per heavy atom. The van der Waals surface area contributed by atoms with E-state index in [9.17, 15) is 5.26 Å². The predicted octanol–water partition coefficient (Wildman–Crippen LogP) is 6.01. The summed E-state index contributed by atoms with van der Waals surface area (Å²) in [6.45, 7) is 1.69. The number of nitriles is 1. The molecule has 3 aliphatic rings. The molecular formula is C29H32N4O. The van der Waals surface area contributed by atoms with Crippen molar-refractivity contribution in [1.82, 2.24) is 14.8 Å². The first-order valence-electron chi connectivity index (χ1n) is 12.8. The maximum Gasteiger partial charge on any atom is 0.183 e. The minimum atomic E-state index is -0.518. The summed E-state index contributed by atoms with van der Waals surface area (Å²) >= 11 is 0. The molecule has 0 N–H and O–H groups in total. The van der Waals surface area contributed by atoms with E-state index in [-0.39, 0.29) is 0 Å². The van der Waals surface area contributed by atoms with Gasteiger partial charge in [0.15, 0.2) is 11.6 Å². The van der Waals surface area contributed by atoms with Crippen LogP contribution in [0.15, 0.2) is 60.7 Å². The molecule has 1 heterocycles. The highest BCUT2D eigenvalue weighted by Crippen LogP contribution is 2.49. The van der Waals surface area contributed by atoms with E-state index >= 15 is 0 Å². The number of aromatic nitrogens is 3. The van der Waals surface area contributed by atoms with Crippen LogP contribution in [-0.4, -0.2) is 21.4 Å². The molecule has 3 aromatic rings. The molecule has 174 valence electrons. The van der Waals surface area contributed by atoms with Crippen LogP contribution in [0.1, 0.15) is 62.8 Å². The van der Waals surface area contributed by atoms with Crippen LogP contribution in [0.4, 0.5) is 0 Å². The second-order valence-corrected chi connectivity index (χ2v) is 10.6. The third kappa shape index (κ3) is 4.16. The predicted molar refractivity (Wildman–Crippen MR) is 131 cm³/mol. The number of ether oxygens (including phenoxy) is 1. The lowest BCUT2D eigenvalue weighted by Gasteiger charge is -2.42. The quantitative estimate of drug-likeness (QED) is 0.420. The Labute approximate surface area is 201 Å². The van der Waals surface area contributed by atoms with Gasteiger partial charge in [0.2, 0.25) is 0 Å². The fraction of sp³-hybridized carbons (Fsp3) is 0.483. The van der Waals surface area contributed by atoms with Crippen LogP contribution < -0.4 is 0 Å². The van der Waals surface area contributed by atoms with Gasteiger partial charge in [0.25, 0.3) is 0 Å². The maximum atomic E-state index is 10.2. The van der Waals surface area contributed by atoms with Gasteiger partial charge in [0.05, 0.1) is 18.1 Å². The number of hydrogen-bond acceptors (Lipinski definition) is 4. The normalized spacial score (nSPS) is 26.8. The third-order valence-electron chi connectivity index (χ3n) is 7.98. The summed E-state index contributed by atoms with van der Waals surface area (Å²) in [6, 6.07) is 23.3. The topological polar surface area (TPSA) is 63.7 Å². The van der Waals surface area contributed by atoms with E-state index in [0.717, 1.165) is 61.6 Å². The molecule has 3 aliphatic carbocycles. The van der Waals surface area contributed by atoms with Crippen molar-refractivity contribution in [1.29, 1.82) is 5.26 Å². The molecule has 5 nitrogen and oxygen atoms in total. The molecule has 5 heteroatoms. The molecule has 34 heavy (non-hydrogen) atoms. The van der Waals surface area contributed by atoms with E-state index in [1.165, 1.54) is 25.7 Å². The minimum absolute atomic E-state index is 0.466. The molecule has 1 aromatic heterocycles. The van der Waals surface area contributed by atoms with Gasteiger partial charge >= 0.3 is 0 Å². The average Bonchev–Trinajstić information content (AvgIpc) is 3.83. The van der Waals surface area contributed by atoms with Crippen LogP contribution in [0.5, 0.6) is 0 Å². The van der Waals surface area contributed by atoms with Gasteiger partial charge in [-0.25, -0.2) is 9.67 Å². The number of benzene rings is 2. The van der Waals surface area contributed by atoms with Crippen molar-refractivity contribution < 1.29 is 4.74 Å². The van der Waals surface area contributed by atoms with E-state index < -0.39 is 11.0 Å². The molecule has 0 radical (unpaired) electrons. The lowest BCUT2D eigenvalue weighted by molar-refractivity contribution is -0.0939. The summed E-state index contributed by atoms with van der Waals surface area (Å²) in [5.74, 6) is 3.12. The number of rotatable bonds is 8. The highest BCUT2D eigenvalue weighted by Gasteiger charge is 2.49. The molecule has 0 amide bonds. The molecule has 3 saturated carbocycles. The van der Waals surface area contributed by atoms with Crippen molar-refractivity contribution in [3.63, 3.8) is 0 Å². The average molecular weight is 453 g/mol. The Bertz CT molecular complexity index is 1160. The molecule has 0 saturated heterocycles. The largest absolute Gasteiger partial charge is 0.367 e. The molecule has 0 aliphatic heterocycles. The van der Waals surface area contributed by atoms with Gasteiger partial charge in [-0.2, -0.15) is 10.4 Å². The molecule has 3 fully saturated rings. The monoisotopic (exact) mass is 452 g/mol. The molecule has 2 aromatic carbocycles. The van der Waals surface area contributed by atoms with E-state index in [4.69, 9.17) is 14.8 Å². The van der Waals surface area contributed by atoms with Gasteiger partial charge in [-0.05, 0) is 68.8 Å². The minimum Gasteiger partial charge on any atom is -0.367 e. The SMILES string of the molecule is N#CC1(c2ccccc2)CCC(OCC2CC2)(c2nc(-c3ccccc3)n(CC3CC3)n2)CC1.